The zero-order valence-corrected chi connectivity index (χ0v) is 16.3. The summed E-state index contributed by atoms with van der Waals surface area (Å²) in [6, 6.07) is 17.8. The van der Waals surface area contributed by atoms with Gasteiger partial charge in [0.25, 0.3) is 0 Å². The molecular formula is C23H25N3O2. The first-order valence-electron chi connectivity index (χ1n) is 9.71. The highest BCUT2D eigenvalue weighted by Gasteiger charge is 2.35. The second-order valence-corrected chi connectivity index (χ2v) is 7.35. The van der Waals surface area contributed by atoms with Gasteiger partial charge < -0.3 is 9.64 Å². The summed E-state index contributed by atoms with van der Waals surface area (Å²) < 4.78 is 7.07. The first-order valence-corrected chi connectivity index (χ1v) is 9.71. The van der Waals surface area contributed by atoms with E-state index in [1.54, 1.807) is 13.3 Å². The second-order valence-electron chi connectivity index (χ2n) is 7.35. The Kier molecular flexibility index (Phi) is 5.15. The lowest BCUT2D eigenvalue weighted by molar-refractivity contribution is -0.118. The summed E-state index contributed by atoms with van der Waals surface area (Å²) >= 11 is 0. The topological polar surface area (TPSA) is 47.4 Å². The monoisotopic (exact) mass is 375 g/mol. The van der Waals surface area contributed by atoms with Gasteiger partial charge in [0.05, 0.1) is 25.4 Å². The van der Waals surface area contributed by atoms with E-state index in [4.69, 9.17) is 4.74 Å². The molecule has 1 heterocycles. The first-order chi connectivity index (χ1) is 13.7. The number of ether oxygens (including phenoxy) is 1. The Labute approximate surface area is 165 Å². The fourth-order valence-corrected chi connectivity index (χ4v) is 3.57. The molecule has 5 heteroatoms. The van der Waals surface area contributed by atoms with Crippen LogP contribution in [0.4, 0.5) is 5.69 Å². The van der Waals surface area contributed by atoms with Crippen LogP contribution in [0.1, 0.15) is 25.3 Å². The van der Waals surface area contributed by atoms with Gasteiger partial charge in [0.1, 0.15) is 5.75 Å². The summed E-state index contributed by atoms with van der Waals surface area (Å²) in [7, 11) is 1.65. The molecule has 0 spiro atoms. The maximum Gasteiger partial charge on any atom is 0.231 e. The van der Waals surface area contributed by atoms with Gasteiger partial charge in [-0.25, -0.2) is 4.68 Å². The van der Waals surface area contributed by atoms with Crippen LogP contribution in [0.2, 0.25) is 0 Å². The number of aromatic nitrogens is 2. The summed E-state index contributed by atoms with van der Waals surface area (Å²) in [4.78, 5) is 15.2. The Balaban J connectivity index is 1.54. The number of nitrogens with zero attached hydrogens (tertiary/aromatic N) is 3. The van der Waals surface area contributed by atoms with Gasteiger partial charge in [0.2, 0.25) is 5.91 Å². The molecule has 5 nitrogen and oxygen atoms in total. The molecule has 28 heavy (non-hydrogen) atoms. The van der Waals surface area contributed by atoms with Crippen molar-refractivity contribution < 1.29 is 9.53 Å². The maximum absolute atomic E-state index is 13.2. The number of methoxy groups -OCH3 is 1. The SMILES string of the molecule is COc1ccc(N(C(=O)Cc2cnn(-c3ccccc3)c2)C(C)C2CC2)cc1. The van der Waals surface area contributed by atoms with E-state index in [0.29, 0.717) is 12.3 Å². The molecule has 1 amide bonds. The highest BCUT2D eigenvalue weighted by atomic mass is 16.5. The summed E-state index contributed by atoms with van der Waals surface area (Å²) in [5.74, 6) is 1.47. The average molecular weight is 375 g/mol. The lowest BCUT2D eigenvalue weighted by atomic mass is 10.1. The van der Waals surface area contributed by atoms with Crippen LogP contribution < -0.4 is 9.64 Å². The number of amides is 1. The fraction of sp³-hybridized carbons (Fsp3) is 0.304. The molecule has 144 valence electrons. The molecule has 1 aromatic heterocycles. The number of benzene rings is 2. The largest absolute Gasteiger partial charge is 0.497 e. The smallest absolute Gasteiger partial charge is 0.231 e. The molecule has 1 saturated carbocycles. The maximum atomic E-state index is 13.2. The summed E-state index contributed by atoms with van der Waals surface area (Å²) in [5.41, 5.74) is 2.82. The molecule has 1 fully saturated rings. The van der Waals surface area contributed by atoms with Crippen LogP contribution in [0.25, 0.3) is 5.69 Å². The normalized spacial score (nSPS) is 14.5. The van der Waals surface area contributed by atoms with E-state index in [1.807, 2.05) is 70.4 Å². The molecule has 1 unspecified atom stereocenters. The van der Waals surface area contributed by atoms with E-state index in [1.165, 1.54) is 12.8 Å². The Morgan fingerprint density at radius 1 is 1.18 bits per heavy atom. The average Bonchev–Trinajstić information content (AvgIpc) is 3.48. The lowest BCUT2D eigenvalue weighted by Gasteiger charge is -2.29. The van der Waals surface area contributed by atoms with Gasteiger partial charge in [-0.3, -0.25) is 4.79 Å². The van der Waals surface area contributed by atoms with E-state index in [0.717, 1.165) is 22.7 Å². The predicted molar refractivity (Wildman–Crippen MR) is 110 cm³/mol. The standard InChI is InChI=1S/C23H25N3O2/c1-17(19-8-9-19)26(21-10-12-22(28-2)13-11-21)23(27)14-18-15-24-25(16-18)20-6-4-3-5-7-20/h3-7,10-13,15-17,19H,8-9,14H2,1-2H3. The Hall–Kier alpha value is -3.08. The molecule has 0 N–H and O–H groups in total. The third-order valence-corrected chi connectivity index (χ3v) is 5.34. The molecule has 0 bridgehead atoms. The van der Waals surface area contributed by atoms with E-state index < -0.39 is 0 Å². The first kappa shape index (κ1) is 18.3. The van der Waals surface area contributed by atoms with E-state index >= 15 is 0 Å². The molecule has 1 aliphatic carbocycles. The second kappa shape index (κ2) is 7.89. The third kappa shape index (κ3) is 3.93. The number of rotatable bonds is 7. The van der Waals surface area contributed by atoms with Crippen molar-refractivity contribution in [2.45, 2.75) is 32.2 Å². The van der Waals surface area contributed by atoms with Crippen molar-refractivity contribution in [3.8, 4) is 11.4 Å². The Morgan fingerprint density at radius 2 is 1.89 bits per heavy atom. The van der Waals surface area contributed by atoms with Crippen molar-refractivity contribution in [2.24, 2.45) is 5.92 Å². The molecule has 1 atom stereocenters. The highest BCUT2D eigenvalue weighted by Crippen LogP contribution is 2.37. The number of anilines is 1. The van der Waals surface area contributed by atoms with Crippen molar-refractivity contribution in [1.82, 2.24) is 9.78 Å². The summed E-state index contributed by atoms with van der Waals surface area (Å²) in [6.07, 6.45) is 6.41. The minimum atomic E-state index is 0.0946. The van der Waals surface area contributed by atoms with Crippen molar-refractivity contribution in [3.63, 3.8) is 0 Å². The zero-order valence-electron chi connectivity index (χ0n) is 16.3. The van der Waals surface area contributed by atoms with Crippen LogP contribution in [0.5, 0.6) is 5.75 Å². The highest BCUT2D eigenvalue weighted by molar-refractivity contribution is 5.95. The summed E-state index contributed by atoms with van der Waals surface area (Å²) in [6.45, 7) is 2.15. The number of hydrogen-bond acceptors (Lipinski definition) is 3. The van der Waals surface area contributed by atoms with Gasteiger partial charge in [0, 0.05) is 17.9 Å². The van der Waals surface area contributed by atoms with Crippen LogP contribution in [0.3, 0.4) is 0 Å². The molecule has 0 aliphatic heterocycles. The van der Waals surface area contributed by atoms with Crippen LogP contribution in [0, 0.1) is 5.92 Å². The fourth-order valence-electron chi connectivity index (χ4n) is 3.57. The Bertz CT molecular complexity index is 930. The number of hydrogen-bond donors (Lipinski definition) is 0. The van der Waals surface area contributed by atoms with Gasteiger partial charge in [-0.05, 0) is 67.6 Å². The molecular weight excluding hydrogens is 350 g/mol. The van der Waals surface area contributed by atoms with Crippen LogP contribution in [-0.2, 0) is 11.2 Å². The zero-order chi connectivity index (χ0) is 19.5. The van der Waals surface area contributed by atoms with Crippen molar-refractivity contribution in [1.29, 1.82) is 0 Å². The van der Waals surface area contributed by atoms with Gasteiger partial charge >= 0.3 is 0 Å². The number of para-hydroxylation sites is 1. The molecule has 1 aliphatic rings. The number of carbonyl (C=O) groups is 1. The van der Waals surface area contributed by atoms with Crippen molar-refractivity contribution in [3.05, 3.63) is 72.6 Å². The van der Waals surface area contributed by atoms with Gasteiger partial charge in [-0.1, -0.05) is 18.2 Å². The quantitative estimate of drug-likeness (QED) is 0.620. The lowest BCUT2D eigenvalue weighted by Crippen LogP contribution is -2.41. The van der Waals surface area contributed by atoms with Crippen LogP contribution in [-0.4, -0.2) is 28.8 Å². The van der Waals surface area contributed by atoms with E-state index in [-0.39, 0.29) is 11.9 Å². The van der Waals surface area contributed by atoms with Crippen molar-refractivity contribution in [2.75, 3.05) is 12.0 Å². The minimum absolute atomic E-state index is 0.0946. The summed E-state index contributed by atoms with van der Waals surface area (Å²) in [5, 5.41) is 4.42. The molecule has 2 aromatic carbocycles. The van der Waals surface area contributed by atoms with Gasteiger partial charge in [0.15, 0.2) is 0 Å². The molecule has 0 saturated heterocycles. The molecule has 4 rings (SSSR count). The third-order valence-electron chi connectivity index (χ3n) is 5.34. The van der Waals surface area contributed by atoms with Crippen LogP contribution >= 0.6 is 0 Å². The van der Waals surface area contributed by atoms with Crippen molar-refractivity contribution >= 4 is 11.6 Å². The van der Waals surface area contributed by atoms with E-state index in [9.17, 15) is 4.79 Å². The molecule has 0 radical (unpaired) electrons. The minimum Gasteiger partial charge on any atom is -0.497 e. The van der Waals surface area contributed by atoms with Gasteiger partial charge in [-0.15, -0.1) is 0 Å². The Morgan fingerprint density at radius 3 is 2.54 bits per heavy atom. The predicted octanol–water partition coefficient (Wildman–Crippen LogP) is 4.26. The van der Waals surface area contributed by atoms with Crippen LogP contribution in [0.15, 0.2) is 67.0 Å². The van der Waals surface area contributed by atoms with Gasteiger partial charge in [-0.2, -0.15) is 5.10 Å². The number of carbonyl (C=O) groups excluding carboxylic acids is 1. The van der Waals surface area contributed by atoms with E-state index in [2.05, 4.69) is 12.0 Å². The molecule has 3 aromatic rings.